The summed E-state index contributed by atoms with van der Waals surface area (Å²) in [5.74, 6) is 0.191. The van der Waals surface area contributed by atoms with Crippen LogP contribution in [0.25, 0.3) is 0 Å². The predicted molar refractivity (Wildman–Crippen MR) is 78.4 cm³/mol. The molecule has 0 aromatic carbocycles. The van der Waals surface area contributed by atoms with Crippen LogP contribution in [0.1, 0.15) is 46.5 Å². The van der Waals surface area contributed by atoms with E-state index >= 15 is 0 Å². The molecule has 2 atom stereocenters. The van der Waals surface area contributed by atoms with Gasteiger partial charge in [0, 0.05) is 12.1 Å². The molecule has 2 aliphatic heterocycles. The fourth-order valence-electron chi connectivity index (χ4n) is 3.26. The number of hydrogen-bond acceptors (Lipinski definition) is 5. The Kier molecular flexibility index (Phi) is 4.54. The van der Waals surface area contributed by atoms with Crippen LogP contribution in [0.15, 0.2) is 0 Å². The minimum absolute atomic E-state index is 0.145. The zero-order chi connectivity index (χ0) is 15.8. The maximum Gasteiger partial charge on any atom is 0.410 e. The van der Waals surface area contributed by atoms with Crippen molar-refractivity contribution >= 4 is 16.2 Å². The summed E-state index contributed by atoms with van der Waals surface area (Å²) in [6, 6.07) is 0.290. The van der Waals surface area contributed by atoms with Gasteiger partial charge in [-0.25, -0.2) is 4.79 Å². The van der Waals surface area contributed by atoms with Crippen LogP contribution >= 0.6 is 0 Å². The number of ether oxygens (including phenoxy) is 1. The largest absolute Gasteiger partial charge is 0.444 e. The number of hydrogen-bond donors (Lipinski definition) is 0. The molecular weight excluding hydrogens is 294 g/mol. The van der Waals surface area contributed by atoms with Crippen molar-refractivity contribution in [3.05, 3.63) is 0 Å². The van der Waals surface area contributed by atoms with Crippen molar-refractivity contribution in [3.8, 4) is 0 Å². The molecule has 0 aromatic heterocycles. The van der Waals surface area contributed by atoms with E-state index in [0.717, 1.165) is 31.9 Å². The number of rotatable bonds is 3. The number of carbonyl (C=O) groups excluding carboxylic acids is 1. The molecule has 2 heterocycles. The normalized spacial score (nSPS) is 29.5. The van der Waals surface area contributed by atoms with Crippen molar-refractivity contribution < 1.29 is 22.1 Å². The molecule has 2 saturated heterocycles. The molecule has 2 aliphatic rings. The summed E-state index contributed by atoms with van der Waals surface area (Å²) in [5, 5.41) is 0. The summed E-state index contributed by atoms with van der Waals surface area (Å²) in [6.45, 7) is 5.80. The van der Waals surface area contributed by atoms with Crippen molar-refractivity contribution in [2.24, 2.45) is 5.92 Å². The Morgan fingerprint density at radius 3 is 2.14 bits per heavy atom. The van der Waals surface area contributed by atoms with Gasteiger partial charge in [0.1, 0.15) is 5.60 Å². The van der Waals surface area contributed by atoms with Crippen LogP contribution in [0.3, 0.4) is 0 Å². The Labute approximate surface area is 126 Å². The highest BCUT2D eigenvalue weighted by atomic mass is 32.2. The molecular formula is C14H25NO5S. The molecule has 1 amide bonds. The summed E-state index contributed by atoms with van der Waals surface area (Å²) < 4.78 is 32.5. The summed E-state index contributed by atoms with van der Waals surface area (Å²) in [7, 11) is -3.40. The van der Waals surface area contributed by atoms with E-state index in [1.165, 1.54) is 0 Å². The molecule has 21 heavy (non-hydrogen) atoms. The number of carbonyl (C=O) groups is 1. The molecule has 2 unspecified atom stereocenters. The van der Waals surface area contributed by atoms with Crippen LogP contribution in [-0.2, 0) is 19.0 Å². The SMILES string of the molecule is CC(C)(C)OC(=O)N1C2CCC1CC(COS(C)(=O)=O)C2. The Morgan fingerprint density at radius 1 is 1.19 bits per heavy atom. The lowest BCUT2D eigenvalue weighted by Gasteiger charge is -2.39. The third-order valence-electron chi connectivity index (χ3n) is 3.95. The minimum Gasteiger partial charge on any atom is -0.444 e. The second kappa shape index (κ2) is 5.76. The van der Waals surface area contributed by atoms with Crippen LogP contribution in [-0.4, -0.2) is 50.0 Å². The van der Waals surface area contributed by atoms with Gasteiger partial charge in [-0.3, -0.25) is 4.18 Å². The Balaban J connectivity index is 1.94. The highest BCUT2D eigenvalue weighted by Gasteiger charge is 2.44. The van der Waals surface area contributed by atoms with E-state index in [4.69, 9.17) is 8.92 Å². The lowest BCUT2D eigenvalue weighted by Crippen LogP contribution is -2.49. The van der Waals surface area contributed by atoms with E-state index in [-0.39, 0.29) is 30.7 Å². The molecule has 0 spiro atoms. The zero-order valence-corrected chi connectivity index (χ0v) is 14.0. The Morgan fingerprint density at radius 2 is 1.71 bits per heavy atom. The predicted octanol–water partition coefficient (Wildman–Crippen LogP) is 2.14. The van der Waals surface area contributed by atoms with E-state index in [9.17, 15) is 13.2 Å². The van der Waals surface area contributed by atoms with Gasteiger partial charge >= 0.3 is 6.09 Å². The summed E-state index contributed by atoms with van der Waals surface area (Å²) in [4.78, 5) is 14.1. The number of nitrogens with zero attached hydrogens (tertiary/aromatic N) is 1. The standard InChI is InChI=1S/C14H25NO5S/c1-14(2,3)20-13(16)15-11-5-6-12(15)8-10(7-11)9-19-21(4,17)18/h10-12H,5-9H2,1-4H3. The van der Waals surface area contributed by atoms with E-state index in [1.54, 1.807) is 0 Å². The molecule has 122 valence electrons. The lowest BCUT2D eigenvalue weighted by atomic mass is 9.92. The van der Waals surface area contributed by atoms with Crippen LogP contribution in [0.4, 0.5) is 4.79 Å². The Bertz CT molecular complexity index is 482. The minimum atomic E-state index is -3.40. The first-order chi connectivity index (χ1) is 9.55. The molecule has 2 rings (SSSR count). The average molecular weight is 319 g/mol. The zero-order valence-electron chi connectivity index (χ0n) is 13.2. The van der Waals surface area contributed by atoms with Gasteiger partial charge < -0.3 is 9.64 Å². The third-order valence-corrected chi connectivity index (χ3v) is 4.52. The molecule has 0 N–H and O–H groups in total. The monoisotopic (exact) mass is 319 g/mol. The van der Waals surface area contributed by atoms with Gasteiger partial charge in [-0.15, -0.1) is 0 Å². The van der Waals surface area contributed by atoms with Gasteiger partial charge in [-0.2, -0.15) is 8.42 Å². The van der Waals surface area contributed by atoms with Crippen LogP contribution in [0.2, 0.25) is 0 Å². The van der Waals surface area contributed by atoms with Crippen LogP contribution in [0.5, 0.6) is 0 Å². The highest BCUT2D eigenvalue weighted by molar-refractivity contribution is 7.85. The van der Waals surface area contributed by atoms with E-state index in [0.29, 0.717) is 0 Å². The smallest absolute Gasteiger partial charge is 0.410 e. The second-order valence-electron chi connectivity index (χ2n) is 7.10. The molecule has 7 heteroatoms. The maximum atomic E-state index is 12.3. The van der Waals surface area contributed by atoms with E-state index in [1.807, 2.05) is 25.7 Å². The number of piperidine rings is 1. The van der Waals surface area contributed by atoms with Crippen molar-refractivity contribution in [1.82, 2.24) is 4.90 Å². The molecule has 0 radical (unpaired) electrons. The van der Waals surface area contributed by atoms with Crippen LogP contribution in [0, 0.1) is 5.92 Å². The topological polar surface area (TPSA) is 72.9 Å². The first kappa shape index (κ1) is 16.5. The highest BCUT2D eigenvalue weighted by Crippen LogP contribution is 2.39. The van der Waals surface area contributed by atoms with Gasteiger partial charge in [0.25, 0.3) is 10.1 Å². The number of amides is 1. The van der Waals surface area contributed by atoms with Gasteiger partial charge in [0.2, 0.25) is 0 Å². The maximum absolute atomic E-state index is 12.3. The van der Waals surface area contributed by atoms with Gasteiger partial charge in [0.05, 0.1) is 12.9 Å². The average Bonchev–Trinajstić information content (AvgIpc) is 2.55. The molecule has 2 bridgehead atoms. The first-order valence-electron chi connectivity index (χ1n) is 7.41. The molecule has 2 fully saturated rings. The van der Waals surface area contributed by atoms with Crippen molar-refractivity contribution in [3.63, 3.8) is 0 Å². The van der Waals surface area contributed by atoms with Crippen molar-refractivity contribution in [1.29, 1.82) is 0 Å². The first-order valence-corrected chi connectivity index (χ1v) is 9.22. The molecule has 0 aliphatic carbocycles. The quantitative estimate of drug-likeness (QED) is 0.745. The molecule has 0 aromatic rings. The summed E-state index contributed by atoms with van der Waals surface area (Å²) in [5.41, 5.74) is -0.493. The van der Waals surface area contributed by atoms with E-state index in [2.05, 4.69) is 0 Å². The van der Waals surface area contributed by atoms with Crippen molar-refractivity contribution in [2.75, 3.05) is 12.9 Å². The third kappa shape index (κ3) is 4.57. The fourth-order valence-corrected chi connectivity index (χ4v) is 3.70. The second-order valence-corrected chi connectivity index (χ2v) is 8.74. The van der Waals surface area contributed by atoms with E-state index < -0.39 is 15.7 Å². The fraction of sp³-hybridized carbons (Fsp3) is 0.929. The van der Waals surface area contributed by atoms with Gasteiger partial charge in [-0.1, -0.05) is 0 Å². The molecule has 0 saturated carbocycles. The van der Waals surface area contributed by atoms with Crippen molar-refractivity contribution in [2.45, 2.75) is 64.1 Å². The summed E-state index contributed by atoms with van der Waals surface area (Å²) >= 11 is 0. The van der Waals surface area contributed by atoms with Gasteiger partial charge in [-0.05, 0) is 52.4 Å². The number of fused-ring (bicyclic) bond motifs is 2. The van der Waals surface area contributed by atoms with Crippen LogP contribution < -0.4 is 0 Å². The Hall–Kier alpha value is -0.820. The lowest BCUT2D eigenvalue weighted by molar-refractivity contribution is -0.000825. The van der Waals surface area contributed by atoms with Gasteiger partial charge in [0.15, 0.2) is 0 Å². The molecule has 6 nitrogen and oxygen atoms in total. The summed E-state index contributed by atoms with van der Waals surface area (Å²) in [6.07, 6.45) is 4.30.